The molecule has 1 N–H and O–H groups in total. The van der Waals surface area contributed by atoms with Crippen LogP contribution in [0.15, 0.2) is 59.9 Å². The summed E-state index contributed by atoms with van der Waals surface area (Å²) < 4.78 is 15.9. The van der Waals surface area contributed by atoms with Crippen LogP contribution in [0.1, 0.15) is 6.42 Å². The van der Waals surface area contributed by atoms with Crippen molar-refractivity contribution in [1.82, 2.24) is 15.3 Å². The number of fused-ring (bicyclic) bond motifs is 3. The van der Waals surface area contributed by atoms with Crippen LogP contribution in [0.3, 0.4) is 0 Å². The zero-order valence-corrected chi connectivity index (χ0v) is 18.1. The molecule has 0 aliphatic carbocycles. The number of aromatic nitrogens is 2. The van der Waals surface area contributed by atoms with Crippen molar-refractivity contribution < 1.29 is 9.18 Å². The maximum Gasteiger partial charge on any atom is 0.230 e. The minimum atomic E-state index is -0.286. The van der Waals surface area contributed by atoms with Gasteiger partial charge < -0.3 is 10.2 Å². The smallest absolute Gasteiger partial charge is 0.230 e. The summed E-state index contributed by atoms with van der Waals surface area (Å²) in [5.41, 5.74) is 1.77. The standard InChI is InChI=1S/C22H21FN4OS2/c1-27(15-7-3-2-4-8-15)12-6-11-24-18(28)13-29-22-21-20(25-14-26-22)19-16(23)9-5-10-17(19)30-21/h2-5,7-10,14H,6,11-13H2,1H3,(H,24,28). The molecule has 0 saturated heterocycles. The zero-order chi connectivity index (χ0) is 20.9. The van der Waals surface area contributed by atoms with E-state index in [9.17, 15) is 9.18 Å². The Kier molecular flexibility index (Phi) is 6.44. The Balaban J connectivity index is 1.30. The highest BCUT2D eigenvalue weighted by Crippen LogP contribution is 2.38. The van der Waals surface area contributed by atoms with Crippen LogP contribution in [-0.4, -0.2) is 41.8 Å². The normalized spacial score (nSPS) is 11.1. The van der Waals surface area contributed by atoms with Gasteiger partial charge in [-0.3, -0.25) is 4.79 Å². The van der Waals surface area contributed by atoms with E-state index in [1.165, 1.54) is 35.5 Å². The van der Waals surface area contributed by atoms with Gasteiger partial charge in [0.25, 0.3) is 0 Å². The number of para-hydroxylation sites is 1. The molecule has 4 rings (SSSR count). The highest BCUT2D eigenvalue weighted by atomic mass is 32.2. The van der Waals surface area contributed by atoms with Gasteiger partial charge in [0.1, 0.15) is 17.2 Å². The van der Waals surface area contributed by atoms with Crippen molar-refractivity contribution in [2.75, 3.05) is 30.8 Å². The summed E-state index contributed by atoms with van der Waals surface area (Å²) in [5.74, 6) is -0.0646. The van der Waals surface area contributed by atoms with E-state index in [0.29, 0.717) is 22.5 Å². The highest BCUT2D eigenvalue weighted by Gasteiger charge is 2.15. The second-order valence-electron chi connectivity index (χ2n) is 6.82. The van der Waals surface area contributed by atoms with E-state index in [1.807, 2.05) is 31.3 Å². The lowest BCUT2D eigenvalue weighted by Gasteiger charge is -2.19. The summed E-state index contributed by atoms with van der Waals surface area (Å²) in [6, 6.07) is 15.2. The molecule has 0 atom stereocenters. The van der Waals surface area contributed by atoms with Gasteiger partial charge in [-0.25, -0.2) is 14.4 Å². The summed E-state index contributed by atoms with van der Waals surface area (Å²) in [7, 11) is 2.04. The summed E-state index contributed by atoms with van der Waals surface area (Å²) in [6.45, 7) is 1.47. The van der Waals surface area contributed by atoms with E-state index >= 15 is 0 Å². The van der Waals surface area contributed by atoms with E-state index in [2.05, 4.69) is 32.3 Å². The number of nitrogens with one attached hydrogen (secondary N) is 1. The Morgan fingerprint density at radius 2 is 2.00 bits per heavy atom. The van der Waals surface area contributed by atoms with Crippen LogP contribution in [0.5, 0.6) is 0 Å². The average Bonchev–Trinajstić information content (AvgIpc) is 3.16. The maximum atomic E-state index is 14.2. The fourth-order valence-electron chi connectivity index (χ4n) is 3.20. The van der Waals surface area contributed by atoms with Crippen LogP contribution in [-0.2, 0) is 4.79 Å². The topological polar surface area (TPSA) is 58.1 Å². The number of hydrogen-bond acceptors (Lipinski definition) is 6. The van der Waals surface area contributed by atoms with Gasteiger partial charge in [0.2, 0.25) is 5.91 Å². The number of halogens is 1. The van der Waals surface area contributed by atoms with Gasteiger partial charge in [-0.05, 0) is 30.7 Å². The fraction of sp³-hybridized carbons (Fsp3) is 0.227. The van der Waals surface area contributed by atoms with Crippen molar-refractivity contribution in [3.63, 3.8) is 0 Å². The van der Waals surface area contributed by atoms with Crippen LogP contribution < -0.4 is 10.2 Å². The molecule has 4 aromatic rings. The molecule has 2 aromatic heterocycles. The number of amides is 1. The number of hydrogen-bond donors (Lipinski definition) is 1. The largest absolute Gasteiger partial charge is 0.375 e. The molecule has 2 aromatic carbocycles. The summed E-state index contributed by atoms with van der Waals surface area (Å²) in [5, 5.41) is 4.19. The molecule has 0 fully saturated rings. The van der Waals surface area contributed by atoms with Crippen molar-refractivity contribution in [2.24, 2.45) is 0 Å². The molecule has 0 aliphatic heterocycles. The molecule has 5 nitrogen and oxygen atoms in total. The van der Waals surface area contributed by atoms with E-state index in [4.69, 9.17) is 0 Å². The fourth-order valence-corrected chi connectivity index (χ4v) is 5.28. The van der Waals surface area contributed by atoms with Crippen molar-refractivity contribution >= 4 is 55.0 Å². The molecular weight excluding hydrogens is 419 g/mol. The lowest BCUT2D eigenvalue weighted by atomic mass is 10.2. The van der Waals surface area contributed by atoms with Crippen molar-refractivity contribution in [3.8, 4) is 0 Å². The first-order valence-corrected chi connectivity index (χ1v) is 11.4. The Hall–Kier alpha value is -2.71. The lowest BCUT2D eigenvalue weighted by Crippen LogP contribution is -2.29. The van der Waals surface area contributed by atoms with Crippen molar-refractivity contribution in [2.45, 2.75) is 11.4 Å². The number of thiophene rings is 1. The lowest BCUT2D eigenvalue weighted by molar-refractivity contribution is -0.118. The van der Waals surface area contributed by atoms with Gasteiger partial charge in [-0.1, -0.05) is 36.0 Å². The second kappa shape index (κ2) is 9.40. The van der Waals surface area contributed by atoms with Gasteiger partial charge in [0.05, 0.1) is 21.4 Å². The van der Waals surface area contributed by atoms with Gasteiger partial charge in [-0.15, -0.1) is 11.3 Å². The maximum absolute atomic E-state index is 14.2. The van der Waals surface area contributed by atoms with E-state index in [0.717, 1.165) is 28.1 Å². The molecule has 0 aliphatic rings. The first kappa shape index (κ1) is 20.6. The number of carbonyl (C=O) groups excluding carboxylic acids is 1. The van der Waals surface area contributed by atoms with E-state index < -0.39 is 0 Å². The average molecular weight is 441 g/mol. The Morgan fingerprint density at radius 3 is 2.83 bits per heavy atom. The van der Waals surface area contributed by atoms with Crippen LogP contribution >= 0.6 is 23.1 Å². The number of nitrogens with zero attached hydrogens (tertiary/aromatic N) is 3. The summed E-state index contributed by atoms with van der Waals surface area (Å²) in [6.07, 6.45) is 2.29. The van der Waals surface area contributed by atoms with Gasteiger partial charge >= 0.3 is 0 Å². The molecule has 1 amide bonds. The van der Waals surface area contributed by atoms with Gasteiger partial charge in [0, 0.05) is 30.5 Å². The predicted octanol–water partition coefficient (Wildman–Crippen LogP) is 4.72. The zero-order valence-electron chi connectivity index (χ0n) is 16.5. The first-order valence-electron chi connectivity index (χ1n) is 9.61. The molecule has 0 bridgehead atoms. The second-order valence-corrected chi connectivity index (χ2v) is 8.84. The van der Waals surface area contributed by atoms with Crippen LogP contribution in [0.4, 0.5) is 10.1 Å². The molecule has 0 unspecified atom stereocenters. The van der Waals surface area contributed by atoms with E-state index in [-0.39, 0.29) is 17.5 Å². The minimum absolute atomic E-state index is 0.0404. The third-order valence-electron chi connectivity index (χ3n) is 4.72. The van der Waals surface area contributed by atoms with Crippen molar-refractivity contribution in [3.05, 3.63) is 60.7 Å². The molecule has 2 heterocycles. The summed E-state index contributed by atoms with van der Waals surface area (Å²) in [4.78, 5) is 23.0. The third kappa shape index (κ3) is 4.55. The Bertz CT molecular complexity index is 1170. The first-order chi connectivity index (χ1) is 14.6. The number of benzene rings is 2. The Labute approximate surface area is 182 Å². The van der Waals surface area contributed by atoms with E-state index in [1.54, 1.807) is 6.07 Å². The third-order valence-corrected chi connectivity index (χ3v) is 6.99. The molecule has 30 heavy (non-hydrogen) atoms. The SMILES string of the molecule is CN(CCCNC(=O)CSc1ncnc2c1sc1cccc(F)c12)c1ccccc1. The monoisotopic (exact) mass is 440 g/mol. The van der Waals surface area contributed by atoms with Crippen LogP contribution in [0, 0.1) is 5.82 Å². The number of thioether (sulfide) groups is 1. The highest BCUT2D eigenvalue weighted by molar-refractivity contribution is 8.00. The van der Waals surface area contributed by atoms with Crippen LogP contribution in [0.2, 0.25) is 0 Å². The predicted molar refractivity (Wildman–Crippen MR) is 123 cm³/mol. The molecule has 0 spiro atoms. The molecule has 8 heteroatoms. The molecule has 0 saturated carbocycles. The van der Waals surface area contributed by atoms with Crippen LogP contribution in [0.25, 0.3) is 20.3 Å². The quantitative estimate of drug-likeness (QED) is 0.244. The molecule has 154 valence electrons. The number of carbonyl (C=O) groups is 1. The van der Waals surface area contributed by atoms with Crippen molar-refractivity contribution in [1.29, 1.82) is 0 Å². The number of rotatable bonds is 8. The summed E-state index contributed by atoms with van der Waals surface area (Å²) >= 11 is 2.81. The minimum Gasteiger partial charge on any atom is -0.375 e. The molecular formula is C22H21FN4OS2. The van der Waals surface area contributed by atoms with Gasteiger partial charge in [0.15, 0.2) is 0 Å². The van der Waals surface area contributed by atoms with Gasteiger partial charge in [-0.2, -0.15) is 0 Å². The number of anilines is 1. The molecule has 0 radical (unpaired) electrons. The Morgan fingerprint density at radius 1 is 1.17 bits per heavy atom.